The van der Waals surface area contributed by atoms with Crippen molar-refractivity contribution in [2.75, 3.05) is 19.0 Å². The zero-order valence-corrected chi connectivity index (χ0v) is 11.7. The average Bonchev–Trinajstić information content (AvgIpc) is 2.68. The molecule has 0 atom stereocenters. The number of pyridine rings is 1. The zero-order chi connectivity index (χ0) is 12.8. The van der Waals surface area contributed by atoms with Gasteiger partial charge >= 0.3 is 0 Å². The lowest BCUT2D eigenvalue weighted by atomic mass is 10.1. The van der Waals surface area contributed by atoms with E-state index in [0.717, 1.165) is 12.4 Å². The third kappa shape index (κ3) is 3.22. The lowest BCUT2D eigenvalue weighted by Gasteiger charge is -2.29. The van der Waals surface area contributed by atoms with Crippen LogP contribution in [0.15, 0.2) is 18.3 Å². The molecule has 0 amide bonds. The van der Waals surface area contributed by atoms with E-state index in [1.807, 2.05) is 19.3 Å². The fourth-order valence-corrected chi connectivity index (χ4v) is 2.89. The number of hydrogen-bond donors (Lipinski definition) is 1. The molecule has 1 saturated carbocycles. The van der Waals surface area contributed by atoms with E-state index in [1.54, 1.807) is 0 Å². The molecule has 1 aliphatic carbocycles. The van der Waals surface area contributed by atoms with Crippen LogP contribution in [0, 0.1) is 0 Å². The van der Waals surface area contributed by atoms with Crippen LogP contribution in [0.1, 0.15) is 44.1 Å². The Bertz CT molecular complexity index is 357. The third-order valence-electron chi connectivity index (χ3n) is 3.94. The molecule has 0 aromatic carbocycles. The van der Waals surface area contributed by atoms with Crippen LogP contribution in [0.3, 0.4) is 0 Å². The maximum Gasteiger partial charge on any atom is 0.132 e. The van der Waals surface area contributed by atoms with Gasteiger partial charge in [0.2, 0.25) is 0 Å². The standard InChI is InChI=1S/C15H25N3/c1-16-12-13-8-7-11-17-15(13)18(2)14-9-5-3-4-6-10-14/h7-8,11,14,16H,3-6,9-10,12H2,1-2H3. The van der Waals surface area contributed by atoms with Crippen molar-refractivity contribution >= 4 is 5.82 Å². The van der Waals surface area contributed by atoms with Crippen LogP contribution >= 0.6 is 0 Å². The van der Waals surface area contributed by atoms with Gasteiger partial charge in [-0.1, -0.05) is 31.7 Å². The largest absolute Gasteiger partial charge is 0.356 e. The molecule has 1 aliphatic rings. The normalized spacial score (nSPS) is 17.4. The van der Waals surface area contributed by atoms with Gasteiger partial charge in [0.05, 0.1) is 0 Å². The summed E-state index contributed by atoms with van der Waals surface area (Å²) in [6.07, 6.45) is 10.1. The molecule has 100 valence electrons. The molecule has 1 heterocycles. The molecule has 1 fully saturated rings. The van der Waals surface area contributed by atoms with Gasteiger partial charge in [-0.3, -0.25) is 0 Å². The molecule has 2 rings (SSSR count). The quantitative estimate of drug-likeness (QED) is 0.829. The minimum absolute atomic E-state index is 0.665. The lowest BCUT2D eigenvalue weighted by Crippen LogP contribution is -2.33. The topological polar surface area (TPSA) is 28.2 Å². The molecular formula is C15H25N3. The fraction of sp³-hybridized carbons (Fsp3) is 0.667. The van der Waals surface area contributed by atoms with Crippen LogP contribution in [0.5, 0.6) is 0 Å². The van der Waals surface area contributed by atoms with Gasteiger partial charge in [-0.25, -0.2) is 4.98 Å². The molecule has 0 bridgehead atoms. The minimum Gasteiger partial charge on any atom is -0.356 e. The first kappa shape index (κ1) is 13.3. The van der Waals surface area contributed by atoms with Gasteiger partial charge in [0, 0.05) is 31.4 Å². The summed E-state index contributed by atoms with van der Waals surface area (Å²) in [5.74, 6) is 1.15. The van der Waals surface area contributed by atoms with Crippen molar-refractivity contribution in [2.45, 2.75) is 51.1 Å². The molecule has 0 spiro atoms. The number of rotatable bonds is 4. The van der Waals surface area contributed by atoms with Crippen molar-refractivity contribution in [1.29, 1.82) is 0 Å². The Balaban J connectivity index is 2.13. The second-order valence-corrected chi connectivity index (χ2v) is 5.27. The van der Waals surface area contributed by atoms with E-state index < -0.39 is 0 Å². The first-order valence-electron chi connectivity index (χ1n) is 7.14. The van der Waals surface area contributed by atoms with Crippen LogP contribution in [0.2, 0.25) is 0 Å². The molecule has 0 aliphatic heterocycles. The predicted molar refractivity (Wildman–Crippen MR) is 76.9 cm³/mol. The van der Waals surface area contributed by atoms with E-state index in [2.05, 4.69) is 28.3 Å². The second-order valence-electron chi connectivity index (χ2n) is 5.27. The Morgan fingerprint density at radius 2 is 2.00 bits per heavy atom. The Morgan fingerprint density at radius 1 is 1.28 bits per heavy atom. The van der Waals surface area contributed by atoms with Crippen LogP contribution < -0.4 is 10.2 Å². The molecule has 0 saturated heterocycles. The van der Waals surface area contributed by atoms with Crippen LogP contribution in [-0.2, 0) is 6.54 Å². The van der Waals surface area contributed by atoms with E-state index >= 15 is 0 Å². The molecule has 3 nitrogen and oxygen atoms in total. The highest BCUT2D eigenvalue weighted by Gasteiger charge is 2.19. The fourth-order valence-electron chi connectivity index (χ4n) is 2.89. The molecular weight excluding hydrogens is 222 g/mol. The van der Waals surface area contributed by atoms with Crippen molar-refractivity contribution in [3.05, 3.63) is 23.9 Å². The first-order chi connectivity index (χ1) is 8.83. The summed E-state index contributed by atoms with van der Waals surface area (Å²) >= 11 is 0. The van der Waals surface area contributed by atoms with Crippen molar-refractivity contribution in [1.82, 2.24) is 10.3 Å². The molecule has 0 unspecified atom stereocenters. The summed E-state index contributed by atoms with van der Waals surface area (Å²) in [5.41, 5.74) is 1.30. The van der Waals surface area contributed by atoms with E-state index in [9.17, 15) is 0 Å². The maximum atomic E-state index is 4.59. The summed E-state index contributed by atoms with van der Waals surface area (Å²) in [6, 6.07) is 4.86. The van der Waals surface area contributed by atoms with Gasteiger partial charge in [-0.2, -0.15) is 0 Å². The van der Waals surface area contributed by atoms with Gasteiger partial charge in [0.25, 0.3) is 0 Å². The van der Waals surface area contributed by atoms with E-state index in [0.29, 0.717) is 6.04 Å². The summed E-state index contributed by atoms with van der Waals surface area (Å²) in [5, 5.41) is 3.23. The Labute approximate surface area is 111 Å². The highest BCUT2D eigenvalue weighted by Crippen LogP contribution is 2.26. The SMILES string of the molecule is CNCc1cccnc1N(C)C1CCCCCC1. The molecule has 3 heteroatoms. The lowest BCUT2D eigenvalue weighted by molar-refractivity contribution is 0.547. The van der Waals surface area contributed by atoms with E-state index in [1.165, 1.54) is 44.1 Å². The maximum absolute atomic E-state index is 4.59. The van der Waals surface area contributed by atoms with Crippen LogP contribution in [-0.4, -0.2) is 25.1 Å². The molecule has 1 aromatic rings. The first-order valence-corrected chi connectivity index (χ1v) is 7.14. The van der Waals surface area contributed by atoms with E-state index in [4.69, 9.17) is 0 Å². The van der Waals surface area contributed by atoms with Crippen molar-refractivity contribution < 1.29 is 0 Å². The van der Waals surface area contributed by atoms with Gasteiger partial charge in [0.15, 0.2) is 0 Å². The van der Waals surface area contributed by atoms with Gasteiger partial charge < -0.3 is 10.2 Å². The Kier molecular flexibility index (Phi) is 5.00. The van der Waals surface area contributed by atoms with Gasteiger partial charge in [0.1, 0.15) is 5.82 Å². The smallest absolute Gasteiger partial charge is 0.132 e. The van der Waals surface area contributed by atoms with Crippen molar-refractivity contribution in [3.8, 4) is 0 Å². The molecule has 1 aromatic heterocycles. The summed E-state index contributed by atoms with van der Waals surface area (Å²) in [7, 11) is 4.19. The van der Waals surface area contributed by atoms with Crippen molar-refractivity contribution in [2.24, 2.45) is 0 Å². The summed E-state index contributed by atoms with van der Waals surface area (Å²) < 4.78 is 0. The third-order valence-corrected chi connectivity index (χ3v) is 3.94. The minimum atomic E-state index is 0.665. The van der Waals surface area contributed by atoms with E-state index in [-0.39, 0.29) is 0 Å². The highest BCUT2D eigenvalue weighted by molar-refractivity contribution is 5.46. The number of nitrogens with one attached hydrogen (secondary N) is 1. The Hall–Kier alpha value is -1.09. The van der Waals surface area contributed by atoms with Gasteiger partial charge in [-0.05, 0) is 26.0 Å². The molecule has 0 radical (unpaired) electrons. The van der Waals surface area contributed by atoms with Crippen LogP contribution in [0.25, 0.3) is 0 Å². The number of nitrogens with zero attached hydrogens (tertiary/aromatic N) is 2. The van der Waals surface area contributed by atoms with Crippen LogP contribution in [0.4, 0.5) is 5.82 Å². The summed E-state index contributed by atoms with van der Waals surface area (Å²) in [4.78, 5) is 6.99. The highest BCUT2D eigenvalue weighted by atomic mass is 15.2. The number of anilines is 1. The van der Waals surface area contributed by atoms with Gasteiger partial charge in [-0.15, -0.1) is 0 Å². The average molecular weight is 247 g/mol. The number of hydrogen-bond acceptors (Lipinski definition) is 3. The Morgan fingerprint density at radius 3 is 2.67 bits per heavy atom. The number of aromatic nitrogens is 1. The molecule has 1 N–H and O–H groups in total. The monoisotopic (exact) mass is 247 g/mol. The zero-order valence-electron chi connectivity index (χ0n) is 11.7. The summed E-state index contributed by atoms with van der Waals surface area (Å²) in [6.45, 7) is 0.889. The molecule has 18 heavy (non-hydrogen) atoms. The van der Waals surface area contributed by atoms with Crippen molar-refractivity contribution in [3.63, 3.8) is 0 Å². The second kappa shape index (κ2) is 6.74. The predicted octanol–water partition coefficient (Wildman–Crippen LogP) is 2.96.